The third kappa shape index (κ3) is 6.48. The van der Waals surface area contributed by atoms with Crippen molar-refractivity contribution in [3.63, 3.8) is 0 Å². The topological polar surface area (TPSA) is 59.7 Å². The molecule has 5 nitrogen and oxygen atoms in total. The largest absolute Gasteiger partial charge is 0.492 e. The highest BCUT2D eigenvalue weighted by Gasteiger charge is 2.20. The van der Waals surface area contributed by atoms with Crippen LogP contribution in [0.3, 0.4) is 0 Å². The zero-order valence-corrected chi connectivity index (χ0v) is 14.8. The summed E-state index contributed by atoms with van der Waals surface area (Å²) in [5.74, 6) is 1.48. The Kier molecular flexibility index (Phi) is 7.51. The minimum absolute atomic E-state index is 0.235. The molecule has 0 amide bonds. The quantitative estimate of drug-likeness (QED) is 0.789. The Morgan fingerprint density at radius 1 is 1.42 bits per heavy atom. The Bertz CT molecular complexity index is 534. The summed E-state index contributed by atoms with van der Waals surface area (Å²) in [4.78, 5) is 4.68. The molecule has 5 heteroatoms. The van der Waals surface area contributed by atoms with Crippen LogP contribution in [0, 0.1) is 17.2 Å². The van der Waals surface area contributed by atoms with Gasteiger partial charge in [0.1, 0.15) is 12.4 Å². The predicted octanol–water partition coefficient (Wildman–Crippen LogP) is 1.96. The van der Waals surface area contributed by atoms with Gasteiger partial charge in [0.25, 0.3) is 0 Å². The summed E-state index contributed by atoms with van der Waals surface area (Å²) in [7, 11) is 2.14. The second kappa shape index (κ2) is 9.63. The van der Waals surface area contributed by atoms with Crippen LogP contribution in [-0.2, 0) is 0 Å². The Balaban J connectivity index is 1.63. The minimum Gasteiger partial charge on any atom is -0.492 e. The van der Waals surface area contributed by atoms with Crippen molar-refractivity contribution in [2.24, 2.45) is 5.92 Å². The summed E-state index contributed by atoms with van der Waals surface area (Å²) in [6, 6.07) is 9.42. The van der Waals surface area contributed by atoms with Crippen molar-refractivity contribution < 1.29 is 9.84 Å². The number of piperidine rings is 1. The van der Waals surface area contributed by atoms with Crippen LogP contribution in [0.5, 0.6) is 5.75 Å². The van der Waals surface area contributed by atoms with Gasteiger partial charge in [0, 0.05) is 19.6 Å². The SMILES string of the molecule is CC(O)CN1CCC(CN(C)CCOc2cccc(C#N)c2)CC1. The van der Waals surface area contributed by atoms with Crippen LogP contribution in [0.2, 0.25) is 0 Å². The Morgan fingerprint density at radius 2 is 2.17 bits per heavy atom. The number of likely N-dealkylation sites (N-methyl/N-ethyl adjacent to an activating group) is 1. The van der Waals surface area contributed by atoms with E-state index < -0.39 is 0 Å². The van der Waals surface area contributed by atoms with E-state index in [1.165, 1.54) is 12.8 Å². The summed E-state index contributed by atoms with van der Waals surface area (Å²) in [5.41, 5.74) is 0.629. The van der Waals surface area contributed by atoms with E-state index in [0.29, 0.717) is 12.2 Å². The lowest BCUT2D eigenvalue weighted by Gasteiger charge is -2.34. The molecule has 1 N–H and O–H groups in total. The van der Waals surface area contributed by atoms with E-state index in [-0.39, 0.29) is 6.10 Å². The van der Waals surface area contributed by atoms with Gasteiger partial charge in [0.15, 0.2) is 0 Å². The first kappa shape index (κ1) is 18.7. The molecule has 0 bridgehead atoms. The molecule has 1 aliphatic rings. The van der Waals surface area contributed by atoms with E-state index >= 15 is 0 Å². The van der Waals surface area contributed by atoms with E-state index in [1.54, 1.807) is 12.1 Å². The number of hydrogen-bond acceptors (Lipinski definition) is 5. The van der Waals surface area contributed by atoms with Gasteiger partial charge < -0.3 is 19.6 Å². The minimum atomic E-state index is -0.235. The molecule has 1 fully saturated rings. The molecule has 1 aromatic rings. The molecule has 0 aliphatic carbocycles. The maximum Gasteiger partial charge on any atom is 0.120 e. The van der Waals surface area contributed by atoms with Crippen molar-refractivity contribution in [1.29, 1.82) is 5.26 Å². The Hall–Kier alpha value is -1.61. The van der Waals surface area contributed by atoms with Crippen LogP contribution >= 0.6 is 0 Å². The molecule has 1 saturated heterocycles. The van der Waals surface area contributed by atoms with Gasteiger partial charge in [-0.1, -0.05) is 6.07 Å². The average molecular weight is 331 g/mol. The first-order chi connectivity index (χ1) is 11.6. The first-order valence-electron chi connectivity index (χ1n) is 8.78. The van der Waals surface area contributed by atoms with Gasteiger partial charge >= 0.3 is 0 Å². The smallest absolute Gasteiger partial charge is 0.120 e. The monoisotopic (exact) mass is 331 g/mol. The van der Waals surface area contributed by atoms with E-state index in [0.717, 1.165) is 44.4 Å². The van der Waals surface area contributed by atoms with Gasteiger partial charge in [-0.2, -0.15) is 5.26 Å². The van der Waals surface area contributed by atoms with Crippen LogP contribution in [0.1, 0.15) is 25.3 Å². The molecule has 0 aromatic heterocycles. The summed E-state index contributed by atoms with van der Waals surface area (Å²) < 4.78 is 5.74. The summed E-state index contributed by atoms with van der Waals surface area (Å²) >= 11 is 0. The van der Waals surface area contributed by atoms with Crippen LogP contribution in [-0.4, -0.2) is 67.4 Å². The van der Waals surface area contributed by atoms with E-state index in [9.17, 15) is 5.11 Å². The lowest BCUT2D eigenvalue weighted by Crippen LogP contribution is -2.41. The predicted molar refractivity (Wildman–Crippen MR) is 95.0 cm³/mol. The maximum atomic E-state index is 9.46. The van der Waals surface area contributed by atoms with Gasteiger partial charge in [-0.05, 0) is 64.0 Å². The molecule has 1 unspecified atom stereocenters. The molecular formula is C19H29N3O2. The van der Waals surface area contributed by atoms with Crippen molar-refractivity contribution in [1.82, 2.24) is 9.80 Å². The van der Waals surface area contributed by atoms with Gasteiger partial charge in [0.2, 0.25) is 0 Å². The van der Waals surface area contributed by atoms with Crippen LogP contribution in [0.4, 0.5) is 0 Å². The maximum absolute atomic E-state index is 9.46. The fraction of sp³-hybridized carbons (Fsp3) is 0.632. The molecule has 1 aromatic carbocycles. The van der Waals surface area contributed by atoms with Crippen molar-refractivity contribution in [3.05, 3.63) is 29.8 Å². The van der Waals surface area contributed by atoms with E-state index in [1.807, 2.05) is 19.1 Å². The third-order valence-electron chi connectivity index (χ3n) is 4.50. The number of aliphatic hydroxyl groups excluding tert-OH is 1. The highest BCUT2D eigenvalue weighted by atomic mass is 16.5. The molecule has 1 heterocycles. The van der Waals surface area contributed by atoms with Gasteiger partial charge in [-0.25, -0.2) is 0 Å². The van der Waals surface area contributed by atoms with E-state index in [4.69, 9.17) is 10.00 Å². The molecule has 0 saturated carbocycles. The number of rotatable bonds is 8. The third-order valence-corrected chi connectivity index (χ3v) is 4.50. The molecule has 1 atom stereocenters. The number of nitrogens with zero attached hydrogens (tertiary/aromatic N) is 3. The summed E-state index contributed by atoms with van der Waals surface area (Å²) in [6.07, 6.45) is 2.16. The molecular weight excluding hydrogens is 302 g/mol. The van der Waals surface area contributed by atoms with Crippen molar-refractivity contribution in [2.45, 2.75) is 25.9 Å². The zero-order chi connectivity index (χ0) is 17.4. The highest BCUT2D eigenvalue weighted by Crippen LogP contribution is 2.18. The molecule has 1 aliphatic heterocycles. The van der Waals surface area contributed by atoms with Gasteiger partial charge in [0.05, 0.1) is 17.7 Å². The lowest BCUT2D eigenvalue weighted by atomic mass is 9.96. The first-order valence-corrected chi connectivity index (χ1v) is 8.78. The van der Waals surface area contributed by atoms with Gasteiger partial charge in [-0.3, -0.25) is 0 Å². The van der Waals surface area contributed by atoms with Crippen LogP contribution < -0.4 is 4.74 Å². The number of benzene rings is 1. The number of aliphatic hydroxyl groups is 1. The number of β-amino-alcohol motifs (C(OH)–C–C–N with tert-alkyl or cyclic N) is 1. The average Bonchev–Trinajstić information content (AvgIpc) is 2.56. The Morgan fingerprint density at radius 3 is 2.83 bits per heavy atom. The molecule has 0 spiro atoms. The number of likely N-dealkylation sites (tertiary alicyclic amines) is 1. The summed E-state index contributed by atoms with van der Waals surface area (Å²) in [5, 5.41) is 18.4. The Labute approximate surface area is 145 Å². The van der Waals surface area contributed by atoms with Gasteiger partial charge in [-0.15, -0.1) is 0 Å². The van der Waals surface area contributed by atoms with Crippen LogP contribution in [0.25, 0.3) is 0 Å². The standard InChI is InChI=1S/C19H29N3O2/c1-16(23)14-22-8-6-17(7-9-22)15-21(2)10-11-24-19-5-3-4-18(12-19)13-20/h3-5,12,16-17,23H,6-11,14-15H2,1-2H3. The normalized spacial score (nSPS) is 17.6. The fourth-order valence-electron chi connectivity index (χ4n) is 3.23. The molecule has 0 radical (unpaired) electrons. The van der Waals surface area contributed by atoms with E-state index in [2.05, 4.69) is 22.9 Å². The molecule has 2 rings (SSSR count). The van der Waals surface area contributed by atoms with Crippen molar-refractivity contribution in [3.8, 4) is 11.8 Å². The van der Waals surface area contributed by atoms with Crippen molar-refractivity contribution in [2.75, 3.05) is 46.4 Å². The number of hydrogen-bond donors (Lipinski definition) is 1. The fourth-order valence-corrected chi connectivity index (χ4v) is 3.23. The number of ether oxygens (including phenoxy) is 1. The second-order valence-corrected chi connectivity index (χ2v) is 6.84. The summed E-state index contributed by atoms with van der Waals surface area (Å²) in [6.45, 7) is 7.41. The van der Waals surface area contributed by atoms with Crippen LogP contribution in [0.15, 0.2) is 24.3 Å². The zero-order valence-electron chi connectivity index (χ0n) is 14.8. The molecule has 132 valence electrons. The molecule has 24 heavy (non-hydrogen) atoms. The number of nitriles is 1. The lowest BCUT2D eigenvalue weighted by molar-refractivity contribution is 0.0910. The second-order valence-electron chi connectivity index (χ2n) is 6.84. The highest BCUT2D eigenvalue weighted by molar-refractivity contribution is 5.36. The van der Waals surface area contributed by atoms with Crippen molar-refractivity contribution >= 4 is 0 Å².